The number of hydrogen-bond acceptors (Lipinski definition) is 3. The number of likely N-dealkylation sites (tertiary alicyclic amines) is 1. The topological polar surface area (TPSA) is 38.8 Å². The fourth-order valence-corrected chi connectivity index (χ4v) is 4.54. The van der Waals surface area contributed by atoms with Gasteiger partial charge in [-0.3, -0.25) is 0 Å². The lowest BCUT2D eigenvalue weighted by Gasteiger charge is -2.18. The Bertz CT molecular complexity index is 665. The molecule has 1 unspecified atom stereocenters. The summed E-state index contributed by atoms with van der Waals surface area (Å²) in [4.78, 5) is 13.8. The zero-order valence-electron chi connectivity index (χ0n) is 13.1. The Morgan fingerprint density at radius 3 is 2.38 bits per heavy atom. The van der Waals surface area contributed by atoms with Gasteiger partial charge in [-0.25, -0.2) is 4.79 Å². The Labute approximate surface area is 168 Å². The Kier molecular flexibility index (Phi) is 5.32. The largest absolute Gasteiger partial charge is 0.491 e. The van der Waals surface area contributed by atoms with Crippen LogP contribution in [0.3, 0.4) is 0 Å². The normalized spacial score (nSPS) is 24.8. The van der Waals surface area contributed by atoms with E-state index < -0.39 is 6.09 Å². The van der Waals surface area contributed by atoms with Gasteiger partial charge in [-0.2, -0.15) is 0 Å². The first kappa shape index (κ1) is 18.6. The standard InChI is InChI=1S/C16H17Br2Cl2NO3/c1-15(8-16(15,17)18)9-23-12-7-13(11(20)6-10(12)19)24-14(22)21-4-2-3-5-21/h6-7H,2-5,8-9H2,1H3. The van der Waals surface area contributed by atoms with Crippen LogP contribution in [0.25, 0.3) is 0 Å². The van der Waals surface area contributed by atoms with Crippen molar-refractivity contribution in [2.45, 2.75) is 29.4 Å². The predicted molar refractivity (Wildman–Crippen MR) is 102 cm³/mol. The molecule has 132 valence electrons. The number of nitrogens with zero attached hydrogens (tertiary/aromatic N) is 1. The number of carbonyl (C=O) groups excluding carboxylic acids is 1. The number of carbonyl (C=O) groups is 1. The van der Waals surface area contributed by atoms with Gasteiger partial charge in [0.15, 0.2) is 5.75 Å². The van der Waals surface area contributed by atoms with Gasteiger partial charge in [0.1, 0.15) is 5.75 Å². The van der Waals surface area contributed by atoms with E-state index in [1.54, 1.807) is 11.0 Å². The average molecular weight is 502 g/mol. The lowest BCUT2D eigenvalue weighted by atomic mass is 10.2. The van der Waals surface area contributed by atoms with Gasteiger partial charge in [0, 0.05) is 24.6 Å². The van der Waals surface area contributed by atoms with Crippen molar-refractivity contribution in [3.63, 3.8) is 0 Å². The maximum absolute atomic E-state index is 12.1. The second-order valence-corrected chi connectivity index (χ2v) is 11.1. The van der Waals surface area contributed by atoms with Crippen LogP contribution in [0.2, 0.25) is 10.0 Å². The molecule has 0 N–H and O–H groups in total. The molecule has 1 atom stereocenters. The van der Waals surface area contributed by atoms with Gasteiger partial charge in [0.25, 0.3) is 0 Å². The molecule has 1 saturated carbocycles. The van der Waals surface area contributed by atoms with Crippen LogP contribution in [0.4, 0.5) is 4.79 Å². The van der Waals surface area contributed by atoms with E-state index in [9.17, 15) is 4.79 Å². The summed E-state index contributed by atoms with van der Waals surface area (Å²) in [5.41, 5.74) is -0.0254. The maximum Gasteiger partial charge on any atom is 0.415 e. The average Bonchev–Trinajstić information content (AvgIpc) is 2.89. The number of alkyl halides is 2. The molecule has 1 aromatic carbocycles. The molecule has 1 aromatic rings. The Morgan fingerprint density at radius 1 is 1.21 bits per heavy atom. The Balaban J connectivity index is 1.70. The highest BCUT2D eigenvalue weighted by atomic mass is 79.9. The smallest absolute Gasteiger partial charge is 0.415 e. The summed E-state index contributed by atoms with van der Waals surface area (Å²) in [6.45, 7) is 4.01. The molecule has 4 nitrogen and oxygen atoms in total. The summed E-state index contributed by atoms with van der Waals surface area (Å²) in [5, 5.41) is 0.674. The highest BCUT2D eigenvalue weighted by Gasteiger charge is 2.62. The van der Waals surface area contributed by atoms with Crippen LogP contribution in [0.1, 0.15) is 26.2 Å². The third-order valence-corrected chi connectivity index (χ3v) is 7.53. The van der Waals surface area contributed by atoms with Crippen molar-refractivity contribution in [2.75, 3.05) is 19.7 Å². The molecular weight excluding hydrogens is 485 g/mol. The van der Waals surface area contributed by atoms with Gasteiger partial charge in [-0.15, -0.1) is 0 Å². The van der Waals surface area contributed by atoms with Crippen LogP contribution in [0, 0.1) is 5.41 Å². The summed E-state index contributed by atoms with van der Waals surface area (Å²) < 4.78 is 11.2. The van der Waals surface area contributed by atoms with Gasteiger partial charge >= 0.3 is 6.09 Å². The molecular formula is C16H17Br2Cl2NO3. The quantitative estimate of drug-likeness (QED) is 0.485. The highest BCUT2D eigenvalue weighted by molar-refractivity contribution is 9.25. The first-order chi connectivity index (χ1) is 11.2. The molecule has 24 heavy (non-hydrogen) atoms. The van der Waals surface area contributed by atoms with Crippen molar-refractivity contribution in [1.29, 1.82) is 0 Å². The molecule has 1 aliphatic heterocycles. The van der Waals surface area contributed by atoms with Crippen molar-refractivity contribution in [1.82, 2.24) is 4.90 Å². The van der Waals surface area contributed by atoms with Crippen LogP contribution in [0.5, 0.6) is 11.5 Å². The van der Waals surface area contributed by atoms with Crippen molar-refractivity contribution >= 4 is 61.2 Å². The van der Waals surface area contributed by atoms with Gasteiger partial charge in [-0.1, -0.05) is 62.0 Å². The van der Waals surface area contributed by atoms with Crippen molar-refractivity contribution in [3.05, 3.63) is 22.2 Å². The van der Waals surface area contributed by atoms with Crippen LogP contribution < -0.4 is 9.47 Å². The number of ether oxygens (including phenoxy) is 2. The molecule has 1 aliphatic carbocycles. The van der Waals surface area contributed by atoms with E-state index in [1.165, 1.54) is 6.07 Å². The molecule has 2 aliphatic rings. The monoisotopic (exact) mass is 499 g/mol. The number of halogens is 4. The molecule has 1 saturated heterocycles. The SMILES string of the molecule is CC1(COc2cc(OC(=O)N3CCCC3)c(Cl)cc2Cl)CC1(Br)Br. The first-order valence-electron chi connectivity index (χ1n) is 7.68. The highest BCUT2D eigenvalue weighted by Crippen LogP contribution is 2.66. The summed E-state index contributed by atoms with van der Waals surface area (Å²) in [6, 6.07) is 3.12. The van der Waals surface area contributed by atoms with E-state index >= 15 is 0 Å². The zero-order valence-corrected chi connectivity index (χ0v) is 17.8. The first-order valence-corrected chi connectivity index (χ1v) is 10.0. The molecule has 0 spiro atoms. The summed E-state index contributed by atoms with van der Waals surface area (Å²) in [7, 11) is 0. The van der Waals surface area contributed by atoms with E-state index in [-0.39, 0.29) is 19.4 Å². The van der Waals surface area contributed by atoms with Crippen LogP contribution in [-0.4, -0.2) is 33.9 Å². The van der Waals surface area contributed by atoms with E-state index in [1.807, 2.05) is 0 Å². The number of rotatable bonds is 4. The van der Waals surface area contributed by atoms with Gasteiger partial charge in [-0.05, 0) is 25.3 Å². The van der Waals surface area contributed by atoms with E-state index in [2.05, 4.69) is 38.8 Å². The van der Waals surface area contributed by atoms with Gasteiger partial charge in [0.2, 0.25) is 0 Å². The summed E-state index contributed by atoms with van der Waals surface area (Å²) >= 11 is 19.6. The molecule has 8 heteroatoms. The van der Waals surface area contributed by atoms with Crippen molar-refractivity contribution in [3.8, 4) is 11.5 Å². The Hall–Kier alpha value is -0.170. The number of hydrogen-bond donors (Lipinski definition) is 0. The molecule has 0 aromatic heterocycles. The van der Waals surface area contributed by atoms with Crippen molar-refractivity contribution < 1.29 is 14.3 Å². The fourth-order valence-electron chi connectivity index (χ4n) is 2.60. The third kappa shape index (κ3) is 3.81. The lowest BCUT2D eigenvalue weighted by Crippen LogP contribution is -2.30. The molecule has 3 rings (SSSR count). The number of benzene rings is 1. The molecule has 0 radical (unpaired) electrons. The van der Waals surface area contributed by atoms with Crippen LogP contribution >= 0.6 is 55.1 Å². The van der Waals surface area contributed by atoms with Crippen LogP contribution in [0.15, 0.2) is 12.1 Å². The van der Waals surface area contributed by atoms with E-state index in [4.69, 9.17) is 32.7 Å². The predicted octanol–water partition coefficient (Wildman–Crippen LogP) is 5.86. The van der Waals surface area contributed by atoms with E-state index in [0.717, 1.165) is 19.3 Å². The minimum Gasteiger partial charge on any atom is -0.491 e. The summed E-state index contributed by atoms with van der Waals surface area (Å²) in [6.07, 6.45) is 2.55. The maximum atomic E-state index is 12.1. The van der Waals surface area contributed by atoms with Gasteiger partial charge < -0.3 is 14.4 Å². The molecule has 2 fully saturated rings. The Morgan fingerprint density at radius 2 is 1.79 bits per heavy atom. The number of amides is 1. The lowest BCUT2D eigenvalue weighted by molar-refractivity contribution is 0.162. The fraction of sp³-hybridized carbons (Fsp3) is 0.562. The van der Waals surface area contributed by atoms with Crippen molar-refractivity contribution in [2.24, 2.45) is 5.41 Å². The van der Waals surface area contributed by atoms with Gasteiger partial charge in [0.05, 0.1) is 19.9 Å². The second-order valence-electron chi connectivity index (χ2n) is 6.51. The minimum atomic E-state index is -0.392. The zero-order chi connectivity index (χ0) is 17.5. The second kappa shape index (κ2) is 6.86. The molecule has 1 heterocycles. The minimum absolute atomic E-state index is 0.0254. The molecule has 1 amide bonds. The van der Waals surface area contributed by atoms with Crippen LogP contribution in [-0.2, 0) is 0 Å². The summed E-state index contributed by atoms with van der Waals surface area (Å²) in [5.74, 6) is 0.715. The third-order valence-electron chi connectivity index (χ3n) is 4.46. The van der Waals surface area contributed by atoms with E-state index in [0.29, 0.717) is 30.5 Å². The molecule has 0 bridgehead atoms.